The lowest BCUT2D eigenvalue weighted by Crippen LogP contribution is -2.21. The topological polar surface area (TPSA) is 89.9 Å². The first-order chi connectivity index (χ1) is 12.4. The van der Waals surface area contributed by atoms with Crippen molar-refractivity contribution in [3.8, 4) is 0 Å². The summed E-state index contributed by atoms with van der Waals surface area (Å²) in [7, 11) is 0. The van der Waals surface area contributed by atoms with Crippen molar-refractivity contribution in [3.05, 3.63) is 24.3 Å². The number of esters is 2. The van der Waals surface area contributed by atoms with E-state index in [0.717, 1.165) is 51.4 Å². The van der Waals surface area contributed by atoms with Gasteiger partial charge in [0.05, 0.1) is 0 Å². The molecule has 0 radical (unpaired) electrons. The second kappa shape index (κ2) is 12.3. The second-order valence-electron chi connectivity index (χ2n) is 6.81. The highest BCUT2D eigenvalue weighted by Gasteiger charge is 2.18. The standard InChI is InChI=1S/C16H24O4.C4H6O2/c17-15(19-13-7-3-1-4-8-13)11-12-16(18)20-14-9-5-2-6-10-14;1-3(2)4(5)6/h11-14H,1-10H2;1H2,2H3,(H,5,6)/b12-11-;. The van der Waals surface area contributed by atoms with Crippen LogP contribution in [-0.4, -0.2) is 35.2 Å². The molecule has 0 aromatic carbocycles. The molecule has 0 unspecified atom stereocenters. The molecule has 0 bridgehead atoms. The summed E-state index contributed by atoms with van der Waals surface area (Å²) in [4.78, 5) is 32.8. The highest BCUT2D eigenvalue weighted by Crippen LogP contribution is 2.21. The van der Waals surface area contributed by atoms with Crippen molar-refractivity contribution in [2.75, 3.05) is 0 Å². The van der Waals surface area contributed by atoms with Crippen LogP contribution >= 0.6 is 0 Å². The third-order valence-corrected chi connectivity index (χ3v) is 4.39. The fourth-order valence-corrected chi connectivity index (χ4v) is 2.91. The Kier molecular flexibility index (Phi) is 10.4. The molecule has 0 amide bonds. The lowest BCUT2D eigenvalue weighted by atomic mass is 9.98. The number of carboxylic acid groups (broad SMARTS) is 1. The minimum Gasteiger partial charge on any atom is -0.478 e. The Morgan fingerprint density at radius 2 is 1.12 bits per heavy atom. The van der Waals surface area contributed by atoms with Gasteiger partial charge in [0.1, 0.15) is 12.2 Å². The average Bonchev–Trinajstić information content (AvgIpc) is 2.62. The SMILES string of the molecule is C=C(C)C(=O)O.O=C(/C=C\C(=O)OC1CCCCC1)OC1CCCCC1. The van der Waals surface area contributed by atoms with Gasteiger partial charge in [0.15, 0.2) is 0 Å². The van der Waals surface area contributed by atoms with E-state index >= 15 is 0 Å². The van der Waals surface area contributed by atoms with Crippen LogP contribution in [0.3, 0.4) is 0 Å². The number of ether oxygens (including phenoxy) is 2. The van der Waals surface area contributed by atoms with E-state index in [2.05, 4.69) is 6.58 Å². The van der Waals surface area contributed by atoms with E-state index in [9.17, 15) is 14.4 Å². The molecule has 2 rings (SSSR count). The molecule has 2 aliphatic carbocycles. The number of hydrogen-bond acceptors (Lipinski definition) is 5. The lowest BCUT2D eigenvalue weighted by molar-refractivity contribution is -0.147. The Labute approximate surface area is 155 Å². The molecule has 2 aliphatic rings. The molecule has 0 spiro atoms. The van der Waals surface area contributed by atoms with Crippen LogP contribution in [0, 0.1) is 0 Å². The largest absolute Gasteiger partial charge is 0.478 e. The van der Waals surface area contributed by atoms with Crippen LogP contribution < -0.4 is 0 Å². The van der Waals surface area contributed by atoms with E-state index in [1.807, 2.05) is 0 Å². The van der Waals surface area contributed by atoms with Gasteiger partial charge >= 0.3 is 17.9 Å². The summed E-state index contributed by atoms with van der Waals surface area (Å²) < 4.78 is 10.6. The van der Waals surface area contributed by atoms with Crippen LogP contribution in [0.4, 0.5) is 0 Å². The quantitative estimate of drug-likeness (QED) is 0.585. The minimum absolute atomic E-state index is 0.0234. The Balaban J connectivity index is 0.000000487. The zero-order valence-electron chi connectivity index (χ0n) is 15.6. The summed E-state index contributed by atoms with van der Waals surface area (Å²) in [6.07, 6.45) is 13.1. The van der Waals surface area contributed by atoms with Gasteiger partial charge in [-0.3, -0.25) is 0 Å². The fraction of sp³-hybridized carbons (Fsp3) is 0.650. The summed E-state index contributed by atoms with van der Waals surface area (Å²) in [6.45, 7) is 4.60. The molecule has 6 heteroatoms. The van der Waals surface area contributed by atoms with E-state index in [1.165, 1.54) is 31.9 Å². The maximum Gasteiger partial charge on any atom is 0.331 e. The molecule has 2 saturated carbocycles. The first kappa shape index (κ1) is 21.9. The summed E-state index contributed by atoms with van der Waals surface area (Å²) in [6, 6.07) is 0. The monoisotopic (exact) mass is 366 g/mol. The van der Waals surface area contributed by atoms with Crippen molar-refractivity contribution in [1.29, 1.82) is 0 Å². The third kappa shape index (κ3) is 10.0. The normalized spacial score (nSPS) is 18.5. The van der Waals surface area contributed by atoms with Crippen LogP contribution in [0.5, 0.6) is 0 Å². The van der Waals surface area contributed by atoms with Crippen molar-refractivity contribution in [2.24, 2.45) is 0 Å². The van der Waals surface area contributed by atoms with Crippen LogP contribution in [0.25, 0.3) is 0 Å². The predicted molar refractivity (Wildman–Crippen MR) is 97.5 cm³/mol. The zero-order chi connectivity index (χ0) is 19.4. The molecule has 0 atom stereocenters. The summed E-state index contributed by atoms with van der Waals surface area (Å²) in [5.74, 6) is -1.80. The first-order valence-corrected chi connectivity index (χ1v) is 9.36. The smallest absolute Gasteiger partial charge is 0.331 e. The third-order valence-electron chi connectivity index (χ3n) is 4.39. The van der Waals surface area contributed by atoms with Gasteiger partial charge < -0.3 is 14.6 Å². The molecule has 0 aliphatic heterocycles. The Morgan fingerprint density at radius 1 is 0.808 bits per heavy atom. The first-order valence-electron chi connectivity index (χ1n) is 9.36. The van der Waals surface area contributed by atoms with Gasteiger partial charge in [-0.25, -0.2) is 14.4 Å². The van der Waals surface area contributed by atoms with Crippen molar-refractivity contribution in [3.63, 3.8) is 0 Å². The predicted octanol–water partition coefficient (Wildman–Crippen LogP) is 3.94. The second-order valence-corrected chi connectivity index (χ2v) is 6.81. The number of carbonyl (C=O) groups is 3. The summed E-state index contributed by atoms with van der Waals surface area (Å²) >= 11 is 0. The van der Waals surface area contributed by atoms with E-state index in [1.54, 1.807) is 0 Å². The molecule has 0 aromatic rings. The number of rotatable bonds is 5. The van der Waals surface area contributed by atoms with Crippen molar-refractivity contribution in [1.82, 2.24) is 0 Å². The maximum atomic E-state index is 11.6. The molecular weight excluding hydrogens is 336 g/mol. The van der Waals surface area contributed by atoms with Crippen LogP contribution in [0.1, 0.15) is 71.1 Å². The molecule has 146 valence electrons. The molecule has 0 aromatic heterocycles. The fourth-order valence-electron chi connectivity index (χ4n) is 2.91. The molecule has 2 fully saturated rings. The molecule has 6 nitrogen and oxygen atoms in total. The highest BCUT2D eigenvalue weighted by molar-refractivity contribution is 5.91. The number of carboxylic acids is 1. The van der Waals surface area contributed by atoms with E-state index in [4.69, 9.17) is 14.6 Å². The van der Waals surface area contributed by atoms with Gasteiger partial charge in [-0.2, -0.15) is 0 Å². The van der Waals surface area contributed by atoms with Gasteiger partial charge in [0, 0.05) is 17.7 Å². The number of aliphatic carboxylic acids is 1. The van der Waals surface area contributed by atoms with Crippen LogP contribution in [0.2, 0.25) is 0 Å². The zero-order valence-corrected chi connectivity index (χ0v) is 15.6. The lowest BCUT2D eigenvalue weighted by Gasteiger charge is -2.21. The van der Waals surface area contributed by atoms with Crippen molar-refractivity contribution < 1.29 is 29.0 Å². The van der Waals surface area contributed by atoms with Gasteiger partial charge in [0.25, 0.3) is 0 Å². The van der Waals surface area contributed by atoms with E-state index in [-0.39, 0.29) is 17.8 Å². The van der Waals surface area contributed by atoms with Gasteiger partial charge in [-0.15, -0.1) is 0 Å². The van der Waals surface area contributed by atoms with Crippen molar-refractivity contribution >= 4 is 17.9 Å². The Bertz CT molecular complexity index is 464. The minimum atomic E-state index is -0.935. The maximum absolute atomic E-state index is 11.6. The van der Waals surface area contributed by atoms with Gasteiger partial charge in [-0.05, 0) is 58.3 Å². The van der Waals surface area contributed by atoms with Gasteiger partial charge in [-0.1, -0.05) is 19.4 Å². The molecule has 1 N–H and O–H groups in total. The highest BCUT2D eigenvalue weighted by atomic mass is 16.5. The molecule has 0 saturated heterocycles. The molecular formula is C20H30O6. The van der Waals surface area contributed by atoms with E-state index < -0.39 is 17.9 Å². The van der Waals surface area contributed by atoms with Crippen molar-refractivity contribution in [2.45, 2.75) is 83.3 Å². The van der Waals surface area contributed by atoms with Crippen LogP contribution in [0.15, 0.2) is 24.3 Å². The van der Waals surface area contributed by atoms with Gasteiger partial charge in [0.2, 0.25) is 0 Å². The molecule has 0 heterocycles. The van der Waals surface area contributed by atoms with E-state index in [0.29, 0.717) is 0 Å². The summed E-state index contributed by atoms with van der Waals surface area (Å²) in [5.41, 5.74) is 0.176. The average molecular weight is 366 g/mol. The number of hydrogen-bond donors (Lipinski definition) is 1. The molecule has 26 heavy (non-hydrogen) atoms. The Hall–Kier alpha value is -2.11. The van der Waals surface area contributed by atoms with Crippen LogP contribution in [-0.2, 0) is 23.9 Å². The summed E-state index contributed by atoms with van der Waals surface area (Å²) in [5, 5.41) is 7.89. The number of carbonyl (C=O) groups excluding carboxylic acids is 2. The Morgan fingerprint density at radius 3 is 1.38 bits per heavy atom.